The molecule has 0 N–H and O–H groups in total. The lowest BCUT2D eigenvalue weighted by Crippen LogP contribution is -2.25. The Morgan fingerprint density at radius 2 is 1.83 bits per heavy atom. The predicted molar refractivity (Wildman–Crippen MR) is 37.7 cm³/mol. The summed E-state index contributed by atoms with van der Waals surface area (Å²) in [5, 5.41) is 0.329. The van der Waals surface area contributed by atoms with Crippen LogP contribution in [-0.2, 0) is 0 Å². The largest absolute Gasteiger partial charge is 0.586 e. The van der Waals surface area contributed by atoms with E-state index in [0.29, 0.717) is 5.02 Å². The molecule has 1 aliphatic rings. The molecule has 0 saturated carbocycles. The van der Waals surface area contributed by atoms with Crippen LogP contribution in [-0.4, -0.2) is 6.29 Å². The normalized spacial score (nSPS) is 17.9. The Balaban J connectivity index is 2.43. The van der Waals surface area contributed by atoms with E-state index < -0.39 is 6.29 Å². The Kier molecular flexibility index (Phi) is 1.41. The summed E-state index contributed by atoms with van der Waals surface area (Å²) in [6.45, 7) is 0. The molecule has 0 bridgehead atoms. The molecule has 0 amide bonds. The second-order valence-corrected chi connectivity index (χ2v) is 2.69. The van der Waals surface area contributed by atoms with Crippen molar-refractivity contribution in [2.45, 2.75) is 6.29 Å². The van der Waals surface area contributed by atoms with E-state index in [-0.39, 0.29) is 11.5 Å². The van der Waals surface area contributed by atoms with Gasteiger partial charge in [0.1, 0.15) is 0 Å². The minimum absolute atomic E-state index is 0.00407. The van der Waals surface area contributed by atoms with Gasteiger partial charge in [-0.05, 0) is 12.1 Å². The zero-order valence-electron chi connectivity index (χ0n) is 5.68. The van der Waals surface area contributed by atoms with Crippen LogP contribution >= 0.6 is 11.6 Å². The van der Waals surface area contributed by atoms with Crippen molar-refractivity contribution in [2.75, 3.05) is 0 Å². The van der Waals surface area contributed by atoms with E-state index in [1.165, 1.54) is 18.2 Å². The molecule has 0 atom stereocenters. The molecular weight excluding hydrogens is 190 g/mol. The Morgan fingerprint density at radius 1 is 1.17 bits per heavy atom. The van der Waals surface area contributed by atoms with Gasteiger partial charge < -0.3 is 9.47 Å². The van der Waals surface area contributed by atoms with Crippen LogP contribution in [0.4, 0.5) is 8.78 Å². The minimum Gasteiger partial charge on any atom is -0.395 e. The van der Waals surface area contributed by atoms with Gasteiger partial charge in [0.2, 0.25) is 0 Å². The van der Waals surface area contributed by atoms with Gasteiger partial charge in [0, 0.05) is 11.1 Å². The van der Waals surface area contributed by atoms with Crippen LogP contribution in [0.2, 0.25) is 5.02 Å². The third kappa shape index (κ3) is 1.18. The van der Waals surface area contributed by atoms with Crippen LogP contribution in [0.3, 0.4) is 0 Å². The first-order chi connectivity index (χ1) is 5.57. The number of hydrogen-bond acceptors (Lipinski definition) is 2. The molecule has 12 heavy (non-hydrogen) atoms. The standard InChI is InChI=1S/C7H3ClF2O2/c8-4-1-2-5-6(3-4)12-7(9,10)11-5/h1-3H. The topological polar surface area (TPSA) is 18.5 Å². The molecule has 0 radical (unpaired) electrons. The molecule has 5 heteroatoms. The molecule has 1 aromatic rings. The highest BCUT2D eigenvalue weighted by Gasteiger charge is 2.43. The highest BCUT2D eigenvalue weighted by molar-refractivity contribution is 6.30. The molecule has 0 aromatic heterocycles. The first-order valence-electron chi connectivity index (χ1n) is 3.12. The third-order valence-electron chi connectivity index (χ3n) is 1.36. The first kappa shape index (κ1) is 7.61. The van der Waals surface area contributed by atoms with Crippen molar-refractivity contribution in [3.05, 3.63) is 23.2 Å². The van der Waals surface area contributed by atoms with Gasteiger partial charge in [-0.2, -0.15) is 0 Å². The van der Waals surface area contributed by atoms with Gasteiger partial charge >= 0.3 is 6.29 Å². The van der Waals surface area contributed by atoms with Gasteiger partial charge in [0.25, 0.3) is 0 Å². The van der Waals surface area contributed by atoms with Crippen molar-refractivity contribution in [1.82, 2.24) is 0 Å². The molecule has 1 heterocycles. The zero-order valence-corrected chi connectivity index (χ0v) is 6.44. The van der Waals surface area contributed by atoms with Gasteiger partial charge in [-0.1, -0.05) is 11.6 Å². The lowest BCUT2D eigenvalue weighted by atomic mass is 10.3. The van der Waals surface area contributed by atoms with E-state index in [4.69, 9.17) is 11.6 Å². The molecule has 0 aliphatic carbocycles. The van der Waals surface area contributed by atoms with Crippen molar-refractivity contribution >= 4 is 11.6 Å². The lowest BCUT2D eigenvalue weighted by Gasteiger charge is -2.04. The molecule has 64 valence electrons. The minimum atomic E-state index is -3.56. The van der Waals surface area contributed by atoms with E-state index in [1.54, 1.807) is 0 Å². The summed E-state index contributed by atoms with van der Waals surface area (Å²) < 4.78 is 33.0. The molecular formula is C7H3ClF2O2. The van der Waals surface area contributed by atoms with Gasteiger partial charge in [-0.15, -0.1) is 8.78 Å². The average molecular weight is 193 g/mol. The maximum Gasteiger partial charge on any atom is 0.586 e. The maximum absolute atomic E-state index is 12.4. The summed E-state index contributed by atoms with van der Waals surface area (Å²) in [7, 11) is 0. The van der Waals surface area contributed by atoms with Crippen LogP contribution in [0.15, 0.2) is 18.2 Å². The molecule has 0 unspecified atom stereocenters. The summed E-state index contributed by atoms with van der Waals surface area (Å²) in [4.78, 5) is 0. The molecule has 2 rings (SSSR count). The number of fused-ring (bicyclic) bond motifs is 1. The second-order valence-electron chi connectivity index (χ2n) is 2.26. The van der Waals surface area contributed by atoms with Crippen molar-refractivity contribution in [1.29, 1.82) is 0 Å². The Labute approximate surface area is 71.7 Å². The first-order valence-corrected chi connectivity index (χ1v) is 3.50. The van der Waals surface area contributed by atoms with E-state index in [9.17, 15) is 8.78 Å². The average Bonchev–Trinajstić information content (AvgIpc) is 2.21. The van der Waals surface area contributed by atoms with E-state index in [1.807, 2.05) is 0 Å². The monoisotopic (exact) mass is 192 g/mol. The quantitative estimate of drug-likeness (QED) is 0.629. The number of rotatable bonds is 0. The van der Waals surface area contributed by atoms with Crippen LogP contribution in [0.1, 0.15) is 0 Å². The predicted octanol–water partition coefficient (Wildman–Crippen LogP) is 2.66. The molecule has 1 aliphatic heterocycles. The number of benzene rings is 1. The molecule has 0 fully saturated rings. The van der Waals surface area contributed by atoms with Crippen molar-refractivity contribution in [2.24, 2.45) is 0 Å². The number of hydrogen-bond donors (Lipinski definition) is 0. The molecule has 1 aromatic carbocycles. The Hall–Kier alpha value is -1.03. The zero-order chi connectivity index (χ0) is 8.77. The van der Waals surface area contributed by atoms with Gasteiger partial charge in [-0.25, -0.2) is 0 Å². The summed E-state index contributed by atoms with van der Waals surface area (Å²) in [5.74, 6) is -0.0306. The van der Waals surface area contributed by atoms with Crippen molar-refractivity contribution in [3.8, 4) is 11.5 Å². The molecule has 2 nitrogen and oxygen atoms in total. The SMILES string of the molecule is FC1(F)Oc2ccc(Cl)cc2O1. The maximum atomic E-state index is 12.4. The van der Waals surface area contributed by atoms with Crippen molar-refractivity contribution < 1.29 is 18.3 Å². The van der Waals surface area contributed by atoms with Crippen LogP contribution in [0, 0.1) is 0 Å². The molecule has 0 spiro atoms. The third-order valence-corrected chi connectivity index (χ3v) is 1.60. The summed E-state index contributed by atoms with van der Waals surface area (Å²) in [5.41, 5.74) is 0. The van der Waals surface area contributed by atoms with E-state index >= 15 is 0 Å². The number of ether oxygens (including phenoxy) is 2. The van der Waals surface area contributed by atoms with Crippen molar-refractivity contribution in [3.63, 3.8) is 0 Å². The fourth-order valence-electron chi connectivity index (χ4n) is 0.923. The Bertz CT molecular complexity index is 327. The number of alkyl halides is 2. The van der Waals surface area contributed by atoms with E-state index in [2.05, 4.69) is 9.47 Å². The fraction of sp³-hybridized carbons (Fsp3) is 0.143. The highest BCUT2D eigenvalue weighted by atomic mass is 35.5. The Morgan fingerprint density at radius 3 is 2.58 bits per heavy atom. The lowest BCUT2D eigenvalue weighted by molar-refractivity contribution is -0.286. The van der Waals surface area contributed by atoms with E-state index in [0.717, 1.165) is 0 Å². The summed E-state index contributed by atoms with van der Waals surface area (Å²) in [6.07, 6.45) is -3.56. The summed E-state index contributed by atoms with van der Waals surface area (Å²) in [6, 6.07) is 4.06. The van der Waals surface area contributed by atoms with Crippen LogP contribution in [0.5, 0.6) is 11.5 Å². The summed E-state index contributed by atoms with van der Waals surface area (Å²) >= 11 is 5.54. The number of halogens is 3. The van der Waals surface area contributed by atoms with Crippen LogP contribution < -0.4 is 9.47 Å². The van der Waals surface area contributed by atoms with Gasteiger partial charge in [0.15, 0.2) is 11.5 Å². The highest BCUT2D eigenvalue weighted by Crippen LogP contribution is 2.41. The van der Waals surface area contributed by atoms with Crippen LogP contribution in [0.25, 0.3) is 0 Å². The van der Waals surface area contributed by atoms with Gasteiger partial charge in [0.05, 0.1) is 0 Å². The smallest absolute Gasteiger partial charge is 0.395 e. The second kappa shape index (κ2) is 2.23. The fourth-order valence-corrected chi connectivity index (χ4v) is 1.08. The van der Waals surface area contributed by atoms with Gasteiger partial charge in [-0.3, -0.25) is 0 Å². The molecule has 0 saturated heterocycles.